The van der Waals surface area contributed by atoms with Crippen molar-refractivity contribution in [1.82, 2.24) is 9.78 Å². The SMILES string of the molecule is Cc1cccc(NC(=O)Cn2nc([N+](=O)[O-])c(Br)c2C)c1C. The number of rotatable bonds is 4. The van der Waals surface area contributed by atoms with Crippen molar-refractivity contribution in [3.05, 3.63) is 49.6 Å². The van der Waals surface area contributed by atoms with E-state index in [0.29, 0.717) is 5.69 Å². The highest BCUT2D eigenvalue weighted by Gasteiger charge is 2.24. The Kier molecular flexibility index (Phi) is 4.60. The van der Waals surface area contributed by atoms with Crippen molar-refractivity contribution in [2.75, 3.05) is 5.32 Å². The molecule has 0 aliphatic rings. The molecule has 0 fully saturated rings. The summed E-state index contributed by atoms with van der Waals surface area (Å²) in [7, 11) is 0. The minimum atomic E-state index is -0.587. The minimum absolute atomic E-state index is 0.0916. The molecular weight excluding hydrogens is 352 g/mol. The molecule has 0 aliphatic heterocycles. The maximum absolute atomic E-state index is 12.1. The van der Waals surface area contributed by atoms with E-state index in [1.807, 2.05) is 32.0 Å². The minimum Gasteiger partial charge on any atom is -0.358 e. The molecule has 0 spiro atoms. The summed E-state index contributed by atoms with van der Waals surface area (Å²) in [5.41, 5.74) is 3.32. The summed E-state index contributed by atoms with van der Waals surface area (Å²) < 4.78 is 1.60. The molecule has 0 radical (unpaired) electrons. The molecule has 0 saturated heterocycles. The van der Waals surface area contributed by atoms with Gasteiger partial charge in [0.2, 0.25) is 5.91 Å². The van der Waals surface area contributed by atoms with Gasteiger partial charge in [-0.25, -0.2) is 0 Å². The summed E-state index contributed by atoms with van der Waals surface area (Å²) in [6.45, 7) is 5.45. The van der Waals surface area contributed by atoms with E-state index >= 15 is 0 Å². The van der Waals surface area contributed by atoms with Gasteiger partial charge in [0.05, 0.1) is 10.8 Å². The molecule has 0 aliphatic carbocycles. The Morgan fingerprint density at radius 3 is 2.68 bits per heavy atom. The van der Waals surface area contributed by atoms with E-state index in [-0.39, 0.29) is 22.7 Å². The van der Waals surface area contributed by atoms with Crippen LogP contribution < -0.4 is 5.32 Å². The number of nitrogens with one attached hydrogen (secondary N) is 1. The summed E-state index contributed by atoms with van der Waals surface area (Å²) in [5.74, 6) is -0.585. The molecule has 0 bridgehead atoms. The molecule has 7 nitrogen and oxygen atoms in total. The Balaban J connectivity index is 2.18. The van der Waals surface area contributed by atoms with Gasteiger partial charge in [0.1, 0.15) is 11.0 Å². The number of aromatic nitrogens is 2. The molecule has 116 valence electrons. The second-order valence-corrected chi connectivity index (χ2v) is 5.73. The van der Waals surface area contributed by atoms with Gasteiger partial charge >= 0.3 is 5.82 Å². The lowest BCUT2D eigenvalue weighted by atomic mass is 10.1. The lowest BCUT2D eigenvalue weighted by Crippen LogP contribution is -2.21. The van der Waals surface area contributed by atoms with Crippen LogP contribution in [0.15, 0.2) is 22.7 Å². The molecule has 1 heterocycles. The van der Waals surface area contributed by atoms with Gasteiger partial charge in [0.25, 0.3) is 0 Å². The summed E-state index contributed by atoms with van der Waals surface area (Å²) in [5, 5.41) is 17.5. The number of hydrogen-bond donors (Lipinski definition) is 1. The van der Waals surface area contributed by atoms with Crippen molar-refractivity contribution in [1.29, 1.82) is 0 Å². The fourth-order valence-corrected chi connectivity index (χ4v) is 2.42. The smallest absolute Gasteiger partial charge is 0.358 e. The van der Waals surface area contributed by atoms with E-state index < -0.39 is 4.92 Å². The number of benzene rings is 1. The Bertz CT molecular complexity index is 755. The first-order valence-electron chi connectivity index (χ1n) is 6.54. The van der Waals surface area contributed by atoms with Crippen LogP contribution in [0.2, 0.25) is 0 Å². The van der Waals surface area contributed by atoms with Gasteiger partial charge in [0.15, 0.2) is 0 Å². The molecule has 1 aromatic carbocycles. The van der Waals surface area contributed by atoms with Crippen LogP contribution in [0.4, 0.5) is 11.5 Å². The van der Waals surface area contributed by atoms with E-state index in [4.69, 9.17) is 0 Å². The maximum Gasteiger partial charge on any atom is 0.404 e. The van der Waals surface area contributed by atoms with Gasteiger partial charge in [-0.15, -0.1) is 0 Å². The number of carbonyl (C=O) groups excluding carboxylic acids is 1. The summed E-state index contributed by atoms with van der Waals surface area (Å²) in [4.78, 5) is 22.4. The lowest BCUT2D eigenvalue weighted by molar-refractivity contribution is -0.390. The molecule has 2 aromatic rings. The van der Waals surface area contributed by atoms with E-state index in [0.717, 1.165) is 16.8 Å². The first kappa shape index (κ1) is 16.2. The fourth-order valence-electron chi connectivity index (χ4n) is 1.99. The van der Waals surface area contributed by atoms with Crippen LogP contribution in [0.3, 0.4) is 0 Å². The first-order valence-corrected chi connectivity index (χ1v) is 7.34. The number of hydrogen-bond acceptors (Lipinski definition) is 4. The van der Waals surface area contributed by atoms with Crippen molar-refractivity contribution in [2.24, 2.45) is 0 Å². The van der Waals surface area contributed by atoms with Crippen LogP contribution in [0, 0.1) is 30.9 Å². The van der Waals surface area contributed by atoms with E-state index in [1.54, 1.807) is 6.92 Å². The molecular formula is C14H15BrN4O3. The van der Waals surface area contributed by atoms with Crippen LogP contribution in [0.1, 0.15) is 16.8 Å². The number of nitro groups is 1. The molecule has 0 atom stereocenters. The average Bonchev–Trinajstić information content (AvgIpc) is 2.72. The standard InChI is InChI=1S/C14H15BrN4O3/c1-8-5-4-6-11(9(8)2)16-12(20)7-18-10(3)13(15)14(17-18)19(21)22/h4-6H,7H2,1-3H3,(H,16,20). The predicted octanol–water partition coefficient (Wildman–Crippen LogP) is 3.12. The van der Waals surface area contributed by atoms with Gasteiger partial charge in [0, 0.05) is 5.69 Å². The second kappa shape index (κ2) is 6.27. The van der Waals surface area contributed by atoms with Crippen LogP contribution in [0.5, 0.6) is 0 Å². The number of anilines is 1. The number of carbonyl (C=O) groups is 1. The Morgan fingerprint density at radius 1 is 1.41 bits per heavy atom. The van der Waals surface area contributed by atoms with Crippen molar-refractivity contribution < 1.29 is 9.72 Å². The van der Waals surface area contributed by atoms with Crippen LogP contribution >= 0.6 is 15.9 Å². The zero-order valence-electron chi connectivity index (χ0n) is 12.4. The van der Waals surface area contributed by atoms with Gasteiger partial charge < -0.3 is 15.4 Å². The van der Waals surface area contributed by atoms with Gasteiger partial charge in [-0.3, -0.25) is 4.79 Å². The predicted molar refractivity (Wildman–Crippen MR) is 85.9 cm³/mol. The molecule has 1 amide bonds. The Hall–Kier alpha value is -2.22. The van der Waals surface area contributed by atoms with Crippen LogP contribution in [-0.2, 0) is 11.3 Å². The monoisotopic (exact) mass is 366 g/mol. The maximum atomic E-state index is 12.1. The zero-order valence-corrected chi connectivity index (χ0v) is 14.0. The molecule has 1 N–H and O–H groups in total. The number of nitrogens with zero attached hydrogens (tertiary/aromatic N) is 3. The third-order valence-corrected chi connectivity index (χ3v) is 4.39. The quantitative estimate of drug-likeness (QED) is 0.664. The molecule has 8 heteroatoms. The highest BCUT2D eigenvalue weighted by atomic mass is 79.9. The average molecular weight is 367 g/mol. The highest BCUT2D eigenvalue weighted by molar-refractivity contribution is 9.10. The molecule has 0 unspecified atom stereocenters. The highest BCUT2D eigenvalue weighted by Crippen LogP contribution is 2.27. The molecule has 0 saturated carbocycles. The molecule has 22 heavy (non-hydrogen) atoms. The van der Waals surface area contributed by atoms with Gasteiger partial charge in [-0.05, 0) is 58.8 Å². The zero-order chi connectivity index (χ0) is 16.4. The summed E-state index contributed by atoms with van der Waals surface area (Å²) in [6, 6.07) is 5.64. The van der Waals surface area contributed by atoms with Crippen LogP contribution in [-0.4, -0.2) is 20.6 Å². The number of halogens is 1. The Morgan fingerprint density at radius 2 is 2.09 bits per heavy atom. The van der Waals surface area contributed by atoms with Crippen molar-refractivity contribution >= 4 is 33.3 Å². The largest absolute Gasteiger partial charge is 0.404 e. The van der Waals surface area contributed by atoms with Crippen LogP contribution in [0.25, 0.3) is 0 Å². The lowest BCUT2D eigenvalue weighted by Gasteiger charge is -2.09. The van der Waals surface area contributed by atoms with Crippen molar-refractivity contribution in [2.45, 2.75) is 27.3 Å². The number of amides is 1. The topological polar surface area (TPSA) is 90.1 Å². The molecule has 2 rings (SSSR count). The summed E-state index contributed by atoms with van der Waals surface area (Å²) >= 11 is 3.12. The van der Waals surface area contributed by atoms with Crippen molar-refractivity contribution in [3.63, 3.8) is 0 Å². The molecule has 1 aromatic heterocycles. The Labute approximate surface area is 135 Å². The third kappa shape index (κ3) is 3.16. The van der Waals surface area contributed by atoms with Gasteiger partial charge in [-0.2, -0.15) is 4.68 Å². The van der Waals surface area contributed by atoms with Crippen molar-refractivity contribution in [3.8, 4) is 0 Å². The van der Waals surface area contributed by atoms with E-state index in [1.165, 1.54) is 4.68 Å². The van der Waals surface area contributed by atoms with E-state index in [9.17, 15) is 14.9 Å². The third-order valence-electron chi connectivity index (χ3n) is 3.46. The first-order chi connectivity index (χ1) is 10.3. The number of aryl methyl sites for hydroxylation is 1. The van der Waals surface area contributed by atoms with Gasteiger partial charge in [-0.1, -0.05) is 12.1 Å². The normalized spacial score (nSPS) is 10.5. The second-order valence-electron chi connectivity index (χ2n) is 4.93. The fraction of sp³-hybridized carbons (Fsp3) is 0.286. The van der Waals surface area contributed by atoms with E-state index in [2.05, 4.69) is 26.3 Å². The summed E-state index contributed by atoms with van der Waals surface area (Å²) in [6.07, 6.45) is 0.